The second kappa shape index (κ2) is 8.85. The number of nitrogens with one attached hydrogen (secondary N) is 1. The van der Waals surface area contributed by atoms with Crippen molar-refractivity contribution in [2.75, 3.05) is 25.5 Å². The maximum absolute atomic E-state index is 13.0. The van der Waals surface area contributed by atoms with Gasteiger partial charge in [-0.1, -0.05) is 30.1 Å². The van der Waals surface area contributed by atoms with E-state index in [-0.39, 0.29) is 23.2 Å². The Kier molecular flexibility index (Phi) is 6.43. The average Bonchev–Trinajstić information content (AvgIpc) is 2.93. The van der Waals surface area contributed by atoms with Gasteiger partial charge in [0.15, 0.2) is 0 Å². The number of hydrogen-bond acceptors (Lipinski definition) is 4. The van der Waals surface area contributed by atoms with Crippen LogP contribution in [0.25, 0.3) is 0 Å². The van der Waals surface area contributed by atoms with E-state index >= 15 is 0 Å². The number of fused-ring (bicyclic) bond motifs is 1. The van der Waals surface area contributed by atoms with E-state index in [4.69, 9.17) is 23.2 Å². The summed E-state index contributed by atoms with van der Waals surface area (Å²) in [5.74, 6) is -1.72. The average molecular weight is 448 g/mol. The summed E-state index contributed by atoms with van der Waals surface area (Å²) in [4.78, 5) is 52.1. The molecule has 3 rings (SSSR count). The fourth-order valence-corrected chi connectivity index (χ4v) is 3.49. The van der Waals surface area contributed by atoms with E-state index in [2.05, 4.69) is 5.32 Å². The summed E-state index contributed by atoms with van der Waals surface area (Å²) in [7, 11) is 1.39. The number of carbonyl (C=O) groups excluding carboxylic acids is 4. The van der Waals surface area contributed by atoms with Gasteiger partial charge in [-0.3, -0.25) is 24.1 Å². The molecule has 7 nitrogen and oxygen atoms in total. The topological polar surface area (TPSA) is 86.8 Å². The SMILES string of the molecule is CCCN(CC(=O)Nc1cc(Cl)ccc1Cl)C(=O)c1ccc2c(c1)C(=O)N(C)C2=O. The first kappa shape index (κ1) is 21.8. The second-order valence-electron chi connectivity index (χ2n) is 6.83. The summed E-state index contributed by atoms with van der Waals surface area (Å²) in [5.41, 5.74) is 1.02. The van der Waals surface area contributed by atoms with Gasteiger partial charge in [0.2, 0.25) is 5.91 Å². The molecule has 0 atom stereocenters. The largest absolute Gasteiger partial charge is 0.329 e. The number of carbonyl (C=O) groups is 4. The van der Waals surface area contributed by atoms with Crippen molar-refractivity contribution in [1.29, 1.82) is 0 Å². The van der Waals surface area contributed by atoms with Crippen molar-refractivity contribution in [2.45, 2.75) is 13.3 Å². The first-order chi connectivity index (χ1) is 14.2. The molecule has 0 saturated carbocycles. The molecule has 0 aliphatic carbocycles. The van der Waals surface area contributed by atoms with E-state index < -0.39 is 23.6 Å². The highest BCUT2D eigenvalue weighted by Crippen LogP contribution is 2.26. The molecule has 4 amide bonds. The number of hydrogen-bond donors (Lipinski definition) is 1. The minimum Gasteiger partial charge on any atom is -0.329 e. The molecule has 0 spiro atoms. The molecular weight excluding hydrogens is 429 g/mol. The van der Waals surface area contributed by atoms with Crippen LogP contribution in [0.15, 0.2) is 36.4 Å². The fourth-order valence-electron chi connectivity index (χ4n) is 3.16. The summed E-state index contributed by atoms with van der Waals surface area (Å²) >= 11 is 12.0. The standard InChI is InChI=1S/C21H19Cl2N3O4/c1-3-8-26(11-18(27)24-17-10-13(22)5-7-16(17)23)19(28)12-4-6-14-15(9-12)21(30)25(2)20(14)29/h4-7,9-10H,3,8,11H2,1-2H3,(H,24,27). The van der Waals surface area contributed by atoms with Crippen LogP contribution in [-0.2, 0) is 4.79 Å². The molecule has 1 heterocycles. The number of amides is 4. The Morgan fingerprint density at radius 2 is 1.73 bits per heavy atom. The van der Waals surface area contributed by atoms with Crippen LogP contribution in [0, 0.1) is 0 Å². The van der Waals surface area contributed by atoms with E-state index in [1.807, 2.05) is 6.92 Å². The monoisotopic (exact) mass is 447 g/mol. The normalized spacial score (nSPS) is 12.7. The molecule has 2 aromatic carbocycles. The van der Waals surface area contributed by atoms with E-state index in [9.17, 15) is 19.2 Å². The van der Waals surface area contributed by atoms with E-state index in [1.165, 1.54) is 36.2 Å². The van der Waals surface area contributed by atoms with Crippen LogP contribution in [0.2, 0.25) is 10.0 Å². The van der Waals surface area contributed by atoms with Gasteiger partial charge >= 0.3 is 0 Å². The van der Waals surface area contributed by atoms with Crippen molar-refractivity contribution in [3.05, 3.63) is 63.1 Å². The van der Waals surface area contributed by atoms with E-state index in [0.717, 1.165) is 4.90 Å². The molecule has 1 aliphatic heterocycles. The zero-order valence-corrected chi connectivity index (χ0v) is 17.9. The Bertz CT molecular complexity index is 1050. The predicted molar refractivity (Wildman–Crippen MR) is 114 cm³/mol. The molecule has 0 radical (unpaired) electrons. The minimum atomic E-state index is -0.458. The van der Waals surface area contributed by atoms with Gasteiger partial charge in [-0.2, -0.15) is 0 Å². The molecule has 0 unspecified atom stereocenters. The smallest absolute Gasteiger partial charge is 0.261 e. The lowest BCUT2D eigenvalue weighted by molar-refractivity contribution is -0.116. The fraction of sp³-hybridized carbons (Fsp3) is 0.238. The lowest BCUT2D eigenvalue weighted by Gasteiger charge is -2.22. The summed E-state index contributed by atoms with van der Waals surface area (Å²) in [6.07, 6.45) is 0.627. The number of halogens is 2. The molecule has 30 heavy (non-hydrogen) atoms. The zero-order valence-electron chi connectivity index (χ0n) is 16.4. The third kappa shape index (κ3) is 4.32. The predicted octanol–water partition coefficient (Wildman–Crippen LogP) is 3.71. The Morgan fingerprint density at radius 3 is 2.43 bits per heavy atom. The lowest BCUT2D eigenvalue weighted by atomic mass is 10.0. The van der Waals surface area contributed by atoms with Crippen LogP contribution in [-0.4, -0.2) is 53.6 Å². The summed E-state index contributed by atoms with van der Waals surface area (Å²) in [5, 5.41) is 3.39. The van der Waals surface area contributed by atoms with Crippen LogP contribution in [0.1, 0.15) is 44.4 Å². The van der Waals surface area contributed by atoms with Gasteiger partial charge in [0.05, 0.1) is 21.8 Å². The van der Waals surface area contributed by atoms with Gasteiger partial charge < -0.3 is 10.2 Å². The van der Waals surface area contributed by atoms with Crippen molar-refractivity contribution >= 4 is 52.5 Å². The third-order valence-corrected chi connectivity index (χ3v) is 5.22. The van der Waals surface area contributed by atoms with Crippen LogP contribution in [0.3, 0.4) is 0 Å². The highest BCUT2D eigenvalue weighted by atomic mass is 35.5. The summed E-state index contributed by atoms with van der Waals surface area (Å²) in [6.45, 7) is 2.00. The van der Waals surface area contributed by atoms with Crippen molar-refractivity contribution in [2.24, 2.45) is 0 Å². The zero-order chi connectivity index (χ0) is 22.0. The number of rotatable bonds is 6. The Balaban J connectivity index is 1.79. The molecule has 1 N–H and O–H groups in total. The highest BCUT2D eigenvalue weighted by molar-refractivity contribution is 6.35. The minimum absolute atomic E-state index is 0.181. The van der Waals surface area contributed by atoms with Gasteiger partial charge in [0.25, 0.3) is 17.7 Å². The second-order valence-corrected chi connectivity index (χ2v) is 7.67. The van der Waals surface area contributed by atoms with Crippen LogP contribution in [0.5, 0.6) is 0 Å². The summed E-state index contributed by atoms with van der Waals surface area (Å²) in [6, 6.07) is 9.03. The van der Waals surface area contributed by atoms with Gasteiger partial charge in [0.1, 0.15) is 6.54 Å². The summed E-state index contributed by atoms with van der Waals surface area (Å²) < 4.78 is 0. The van der Waals surface area contributed by atoms with Crippen molar-refractivity contribution in [3.63, 3.8) is 0 Å². The van der Waals surface area contributed by atoms with Crippen molar-refractivity contribution in [1.82, 2.24) is 9.80 Å². The maximum Gasteiger partial charge on any atom is 0.261 e. The van der Waals surface area contributed by atoms with Crippen LogP contribution < -0.4 is 5.32 Å². The molecule has 0 bridgehead atoms. The molecule has 156 valence electrons. The van der Waals surface area contributed by atoms with Crippen molar-refractivity contribution in [3.8, 4) is 0 Å². The van der Waals surface area contributed by atoms with Gasteiger partial charge in [-0.05, 0) is 42.8 Å². The number of anilines is 1. The molecular formula is C21H19Cl2N3O4. The van der Waals surface area contributed by atoms with Crippen LogP contribution in [0.4, 0.5) is 5.69 Å². The van der Waals surface area contributed by atoms with Crippen molar-refractivity contribution < 1.29 is 19.2 Å². The Morgan fingerprint density at radius 1 is 1.03 bits per heavy atom. The first-order valence-electron chi connectivity index (χ1n) is 9.23. The number of nitrogens with zero attached hydrogens (tertiary/aromatic N) is 2. The van der Waals surface area contributed by atoms with Crippen LogP contribution >= 0.6 is 23.2 Å². The first-order valence-corrected chi connectivity index (χ1v) is 9.99. The molecule has 0 saturated heterocycles. The molecule has 2 aromatic rings. The number of benzene rings is 2. The Labute approximate surface area is 183 Å². The molecule has 1 aliphatic rings. The van der Waals surface area contributed by atoms with Gasteiger partial charge in [-0.15, -0.1) is 0 Å². The molecule has 9 heteroatoms. The van der Waals surface area contributed by atoms with E-state index in [0.29, 0.717) is 28.7 Å². The molecule has 0 fully saturated rings. The maximum atomic E-state index is 13.0. The Hall–Kier alpha value is -2.90. The van der Waals surface area contributed by atoms with E-state index in [1.54, 1.807) is 12.1 Å². The number of imide groups is 1. The lowest BCUT2D eigenvalue weighted by Crippen LogP contribution is -2.38. The van der Waals surface area contributed by atoms with Gasteiger partial charge in [0, 0.05) is 24.2 Å². The highest BCUT2D eigenvalue weighted by Gasteiger charge is 2.33. The quantitative estimate of drug-likeness (QED) is 0.683. The van der Waals surface area contributed by atoms with Gasteiger partial charge in [-0.25, -0.2) is 0 Å². The molecule has 0 aromatic heterocycles. The third-order valence-electron chi connectivity index (χ3n) is 4.65.